The van der Waals surface area contributed by atoms with Gasteiger partial charge in [-0.05, 0) is 56.3 Å². The first-order chi connectivity index (χ1) is 15.7. The van der Waals surface area contributed by atoms with Crippen LogP contribution in [0.2, 0.25) is 0 Å². The number of morpholine rings is 1. The third-order valence-electron chi connectivity index (χ3n) is 5.45. The molecule has 1 amide bonds. The van der Waals surface area contributed by atoms with E-state index in [0.717, 1.165) is 62.0 Å². The molecule has 1 N–H and O–H groups in total. The van der Waals surface area contributed by atoms with E-state index in [1.165, 1.54) is 0 Å². The third-order valence-corrected chi connectivity index (χ3v) is 5.45. The number of aryl methyl sites for hydroxylation is 1. The Balaban J connectivity index is 1.27. The van der Waals surface area contributed by atoms with E-state index in [0.29, 0.717) is 24.6 Å². The van der Waals surface area contributed by atoms with E-state index in [1.54, 1.807) is 12.1 Å². The number of nitrogens with one attached hydrogen (secondary N) is 1. The summed E-state index contributed by atoms with van der Waals surface area (Å²) in [5.41, 5.74) is 2.20. The number of benzene rings is 2. The molecule has 0 bridgehead atoms. The third kappa shape index (κ3) is 5.96. The lowest BCUT2D eigenvalue weighted by Gasteiger charge is -2.26. The molecule has 32 heavy (non-hydrogen) atoms. The fourth-order valence-electron chi connectivity index (χ4n) is 3.55. The van der Waals surface area contributed by atoms with Gasteiger partial charge in [0.15, 0.2) is 0 Å². The molecule has 0 aliphatic carbocycles. The normalized spacial score (nSPS) is 14.3. The zero-order chi connectivity index (χ0) is 22.2. The van der Waals surface area contributed by atoms with E-state index in [9.17, 15) is 4.79 Å². The van der Waals surface area contributed by atoms with Gasteiger partial charge in [-0.2, -0.15) is 0 Å². The maximum atomic E-state index is 12.4. The largest absolute Gasteiger partial charge is 0.487 e. The minimum atomic E-state index is -0.0703. The Morgan fingerprint density at radius 3 is 2.59 bits per heavy atom. The van der Waals surface area contributed by atoms with Gasteiger partial charge in [0.25, 0.3) is 5.91 Å². The molecule has 7 heteroatoms. The van der Waals surface area contributed by atoms with Crippen LogP contribution < -0.4 is 10.1 Å². The SMILES string of the molecule is Cc1oc(-c2ccc(C(=O)NCCCN3CCOCC3)cc2)nc1COc1ccccc1. The number of oxazole rings is 1. The first-order valence-corrected chi connectivity index (χ1v) is 11.0. The average Bonchev–Trinajstić information content (AvgIpc) is 3.22. The van der Waals surface area contributed by atoms with Crippen molar-refractivity contribution in [2.75, 3.05) is 39.4 Å². The molecule has 7 nitrogen and oxygen atoms in total. The molecule has 2 heterocycles. The molecule has 0 radical (unpaired) electrons. The maximum Gasteiger partial charge on any atom is 0.251 e. The van der Waals surface area contributed by atoms with Crippen LogP contribution in [0.5, 0.6) is 5.75 Å². The van der Waals surface area contributed by atoms with E-state index in [-0.39, 0.29) is 5.91 Å². The molecule has 0 saturated carbocycles. The smallest absolute Gasteiger partial charge is 0.251 e. The first kappa shape index (κ1) is 22.0. The summed E-state index contributed by atoms with van der Waals surface area (Å²) in [4.78, 5) is 19.4. The highest BCUT2D eigenvalue weighted by Crippen LogP contribution is 2.23. The van der Waals surface area contributed by atoms with Crippen molar-refractivity contribution in [2.45, 2.75) is 20.0 Å². The molecule has 1 aromatic heterocycles. The van der Waals surface area contributed by atoms with Crippen LogP contribution in [-0.4, -0.2) is 55.2 Å². The van der Waals surface area contributed by atoms with Gasteiger partial charge in [-0.25, -0.2) is 4.98 Å². The van der Waals surface area contributed by atoms with E-state index in [1.807, 2.05) is 49.4 Å². The van der Waals surface area contributed by atoms with Crippen LogP contribution in [-0.2, 0) is 11.3 Å². The van der Waals surface area contributed by atoms with E-state index in [4.69, 9.17) is 13.9 Å². The van der Waals surface area contributed by atoms with Crippen molar-refractivity contribution in [1.82, 2.24) is 15.2 Å². The number of amides is 1. The average molecular weight is 436 g/mol. The van der Waals surface area contributed by atoms with Gasteiger partial charge in [-0.3, -0.25) is 9.69 Å². The number of hydrogen-bond acceptors (Lipinski definition) is 6. The fourth-order valence-corrected chi connectivity index (χ4v) is 3.55. The summed E-state index contributed by atoms with van der Waals surface area (Å²) >= 11 is 0. The highest BCUT2D eigenvalue weighted by molar-refractivity contribution is 5.94. The molecule has 3 aromatic rings. The number of carbonyl (C=O) groups excluding carboxylic acids is 1. The van der Waals surface area contributed by atoms with Gasteiger partial charge >= 0.3 is 0 Å². The van der Waals surface area contributed by atoms with Crippen molar-refractivity contribution >= 4 is 5.91 Å². The molecule has 1 aliphatic rings. The topological polar surface area (TPSA) is 76.8 Å². The summed E-state index contributed by atoms with van der Waals surface area (Å²) in [6.07, 6.45) is 0.924. The highest BCUT2D eigenvalue weighted by Gasteiger charge is 2.14. The van der Waals surface area contributed by atoms with E-state index in [2.05, 4.69) is 15.2 Å². The van der Waals surface area contributed by atoms with Crippen molar-refractivity contribution in [3.8, 4) is 17.2 Å². The number of ether oxygens (including phenoxy) is 2. The number of carbonyl (C=O) groups is 1. The number of nitrogens with zero attached hydrogens (tertiary/aromatic N) is 2. The van der Waals surface area contributed by atoms with Crippen molar-refractivity contribution < 1.29 is 18.7 Å². The molecule has 168 valence electrons. The van der Waals surface area contributed by atoms with E-state index >= 15 is 0 Å². The second-order valence-corrected chi connectivity index (χ2v) is 7.76. The first-order valence-electron chi connectivity index (χ1n) is 11.0. The molecule has 1 aliphatic heterocycles. The Morgan fingerprint density at radius 1 is 1.09 bits per heavy atom. The lowest BCUT2D eigenvalue weighted by atomic mass is 10.1. The van der Waals surface area contributed by atoms with Crippen LogP contribution in [0.15, 0.2) is 59.0 Å². The molecule has 1 saturated heterocycles. The summed E-state index contributed by atoms with van der Waals surface area (Å²) in [6, 6.07) is 16.9. The molecular weight excluding hydrogens is 406 g/mol. The van der Waals surface area contributed by atoms with Crippen LogP contribution in [0.4, 0.5) is 0 Å². The van der Waals surface area contributed by atoms with Crippen LogP contribution in [0.25, 0.3) is 11.5 Å². The number of para-hydroxylation sites is 1. The lowest BCUT2D eigenvalue weighted by Crippen LogP contribution is -2.38. The number of rotatable bonds is 9. The van der Waals surface area contributed by atoms with Gasteiger partial charge in [-0.15, -0.1) is 0 Å². The zero-order valence-corrected chi connectivity index (χ0v) is 18.4. The fraction of sp³-hybridized carbons (Fsp3) is 0.360. The van der Waals surface area contributed by atoms with Crippen LogP contribution >= 0.6 is 0 Å². The molecule has 0 atom stereocenters. The van der Waals surface area contributed by atoms with Crippen molar-refractivity contribution in [3.05, 3.63) is 71.6 Å². The van der Waals surface area contributed by atoms with Crippen molar-refractivity contribution in [3.63, 3.8) is 0 Å². The molecule has 0 unspecified atom stereocenters. The number of hydrogen-bond donors (Lipinski definition) is 1. The molecular formula is C25H29N3O4. The zero-order valence-electron chi connectivity index (χ0n) is 18.4. The van der Waals surface area contributed by atoms with Crippen molar-refractivity contribution in [2.24, 2.45) is 0 Å². The number of aromatic nitrogens is 1. The lowest BCUT2D eigenvalue weighted by molar-refractivity contribution is 0.0374. The van der Waals surface area contributed by atoms with Crippen molar-refractivity contribution in [1.29, 1.82) is 0 Å². The summed E-state index contributed by atoms with van der Waals surface area (Å²) in [6.45, 7) is 7.37. The quantitative estimate of drug-likeness (QED) is 0.517. The monoisotopic (exact) mass is 435 g/mol. The van der Waals surface area contributed by atoms with Gasteiger partial charge in [-0.1, -0.05) is 18.2 Å². The molecule has 1 fully saturated rings. The van der Waals surface area contributed by atoms with Gasteiger partial charge in [0.1, 0.15) is 23.8 Å². The summed E-state index contributed by atoms with van der Waals surface area (Å²) in [5, 5.41) is 2.99. The summed E-state index contributed by atoms with van der Waals surface area (Å²) in [5.74, 6) is 1.96. The minimum absolute atomic E-state index is 0.0703. The Hall–Kier alpha value is -3.16. The van der Waals surface area contributed by atoms with Crippen LogP contribution in [0.3, 0.4) is 0 Å². The minimum Gasteiger partial charge on any atom is -0.487 e. The van der Waals surface area contributed by atoms with E-state index < -0.39 is 0 Å². The molecule has 4 rings (SSSR count). The van der Waals surface area contributed by atoms with Crippen LogP contribution in [0.1, 0.15) is 28.2 Å². The van der Waals surface area contributed by atoms with Gasteiger partial charge in [0.05, 0.1) is 13.2 Å². The predicted molar refractivity (Wildman–Crippen MR) is 122 cm³/mol. The Bertz CT molecular complexity index is 996. The highest BCUT2D eigenvalue weighted by atomic mass is 16.5. The molecule has 2 aromatic carbocycles. The summed E-state index contributed by atoms with van der Waals surface area (Å²) in [7, 11) is 0. The Morgan fingerprint density at radius 2 is 1.84 bits per heavy atom. The Labute approximate surface area is 188 Å². The standard InChI is InChI=1S/C25H29N3O4/c1-19-23(18-31-22-6-3-2-4-7-22)27-25(32-19)21-10-8-20(9-11-21)24(29)26-12-5-13-28-14-16-30-17-15-28/h2-4,6-11H,5,12-18H2,1H3,(H,26,29). The van der Waals surface area contributed by atoms with Gasteiger partial charge in [0.2, 0.25) is 5.89 Å². The second kappa shape index (κ2) is 10.9. The van der Waals surface area contributed by atoms with Gasteiger partial charge in [0, 0.05) is 30.8 Å². The van der Waals surface area contributed by atoms with Gasteiger partial charge < -0.3 is 19.2 Å². The Kier molecular flexibility index (Phi) is 7.53. The predicted octanol–water partition coefficient (Wildman–Crippen LogP) is 3.68. The second-order valence-electron chi connectivity index (χ2n) is 7.76. The van der Waals surface area contributed by atoms with Crippen LogP contribution in [0, 0.1) is 6.92 Å². The summed E-state index contributed by atoms with van der Waals surface area (Å²) < 4.78 is 16.9. The molecule has 0 spiro atoms. The maximum absolute atomic E-state index is 12.4.